The van der Waals surface area contributed by atoms with Gasteiger partial charge in [0, 0.05) is 23.6 Å². The lowest BCUT2D eigenvalue weighted by Crippen LogP contribution is -2.24. The number of benzene rings is 3. The van der Waals surface area contributed by atoms with E-state index in [1.54, 1.807) is 18.4 Å². The van der Waals surface area contributed by atoms with E-state index < -0.39 is 0 Å². The fourth-order valence-electron chi connectivity index (χ4n) is 4.04. The van der Waals surface area contributed by atoms with Gasteiger partial charge in [-0.15, -0.1) is 11.3 Å². The largest absolute Gasteiger partial charge is 0.497 e. The highest BCUT2D eigenvalue weighted by Gasteiger charge is 2.19. The maximum Gasteiger partial charge on any atom is 0.190 e. The number of hydrogen-bond donors (Lipinski definition) is 0. The first kappa shape index (κ1) is 19.1. The van der Waals surface area contributed by atoms with Gasteiger partial charge < -0.3 is 14.0 Å². The van der Waals surface area contributed by atoms with Crippen LogP contribution >= 0.6 is 11.3 Å². The van der Waals surface area contributed by atoms with Crippen molar-refractivity contribution in [1.82, 2.24) is 4.57 Å². The summed E-state index contributed by atoms with van der Waals surface area (Å²) in [6.07, 6.45) is 2.45. The molecule has 0 saturated carbocycles. The average Bonchev–Trinajstić information content (AvgIpc) is 3.44. The van der Waals surface area contributed by atoms with E-state index in [0.717, 1.165) is 42.2 Å². The predicted molar refractivity (Wildman–Crippen MR) is 122 cm³/mol. The Kier molecular flexibility index (Phi) is 5.39. The van der Waals surface area contributed by atoms with Crippen LogP contribution in [0.5, 0.6) is 5.75 Å². The van der Waals surface area contributed by atoms with E-state index in [4.69, 9.17) is 14.5 Å². The molecule has 1 fully saturated rings. The van der Waals surface area contributed by atoms with Crippen LogP contribution in [0.15, 0.2) is 77.1 Å². The molecule has 0 radical (unpaired) electrons. The van der Waals surface area contributed by atoms with Crippen molar-refractivity contribution in [3.05, 3.63) is 76.9 Å². The zero-order chi connectivity index (χ0) is 20.3. The Labute approximate surface area is 180 Å². The summed E-state index contributed by atoms with van der Waals surface area (Å²) in [7, 11) is 1.68. The van der Waals surface area contributed by atoms with Gasteiger partial charge in [-0.25, -0.2) is 4.99 Å². The van der Waals surface area contributed by atoms with Crippen molar-refractivity contribution in [3.63, 3.8) is 0 Å². The lowest BCUT2D eigenvalue weighted by molar-refractivity contribution is 0.0968. The molecule has 0 N–H and O–H groups in total. The monoisotopic (exact) mass is 416 g/mol. The minimum atomic E-state index is 0.234. The molecule has 3 aromatic carbocycles. The predicted octanol–water partition coefficient (Wildman–Crippen LogP) is 5.79. The molecule has 1 aliphatic rings. The van der Waals surface area contributed by atoms with Crippen LogP contribution in [0, 0.1) is 0 Å². The molecule has 4 nitrogen and oxygen atoms in total. The lowest BCUT2D eigenvalue weighted by Gasteiger charge is -2.15. The molecule has 2 heterocycles. The van der Waals surface area contributed by atoms with E-state index in [-0.39, 0.29) is 6.10 Å². The molecule has 1 aromatic heterocycles. The van der Waals surface area contributed by atoms with Crippen molar-refractivity contribution in [2.45, 2.75) is 25.5 Å². The minimum Gasteiger partial charge on any atom is -0.497 e. The smallest absolute Gasteiger partial charge is 0.190 e. The van der Waals surface area contributed by atoms with Crippen LogP contribution in [0.4, 0.5) is 5.69 Å². The second-order valence-corrected chi connectivity index (χ2v) is 8.33. The standard InChI is InChI=1S/C25H24N2O2S/c1-28-20-10-5-9-19(15-20)26-25-27(16-21-11-6-14-29-21)24(17-30-25)23-13-4-8-18-7-2-3-12-22(18)23/h2-5,7-10,12-13,15,17,21H,6,11,14,16H2,1H3. The topological polar surface area (TPSA) is 35.8 Å². The van der Waals surface area contributed by atoms with Crippen LogP contribution in [0.1, 0.15) is 12.8 Å². The molecule has 30 heavy (non-hydrogen) atoms. The van der Waals surface area contributed by atoms with Crippen molar-refractivity contribution >= 4 is 27.8 Å². The summed E-state index contributed by atoms with van der Waals surface area (Å²) in [4.78, 5) is 5.94. The van der Waals surface area contributed by atoms with E-state index in [1.807, 2.05) is 24.3 Å². The van der Waals surface area contributed by atoms with Gasteiger partial charge in [0.05, 0.1) is 31.1 Å². The number of rotatable bonds is 5. The summed E-state index contributed by atoms with van der Waals surface area (Å²) < 4.78 is 13.7. The van der Waals surface area contributed by atoms with Gasteiger partial charge in [0.1, 0.15) is 5.75 Å². The van der Waals surface area contributed by atoms with Crippen molar-refractivity contribution in [3.8, 4) is 17.0 Å². The molecular weight excluding hydrogens is 392 g/mol. The van der Waals surface area contributed by atoms with E-state index >= 15 is 0 Å². The number of aromatic nitrogens is 1. The molecule has 0 spiro atoms. The van der Waals surface area contributed by atoms with Gasteiger partial charge in [0.2, 0.25) is 0 Å². The van der Waals surface area contributed by atoms with Gasteiger partial charge in [-0.3, -0.25) is 0 Å². The summed E-state index contributed by atoms with van der Waals surface area (Å²) in [5.74, 6) is 0.813. The van der Waals surface area contributed by atoms with Crippen LogP contribution in [0.25, 0.3) is 22.0 Å². The fraction of sp³-hybridized carbons (Fsp3) is 0.240. The van der Waals surface area contributed by atoms with Crippen molar-refractivity contribution in [1.29, 1.82) is 0 Å². The SMILES string of the molecule is COc1cccc(N=c2scc(-c3cccc4ccccc34)n2CC2CCCO2)c1. The van der Waals surface area contributed by atoms with E-state index in [2.05, 4.69) is 52.4 Å². The highest BCUT2D eigenvalue weighted by molar-refractivity contribution is 7.07. The lowest BCUT2D eigenvalue weighted by atomic mass is 10.0. The van der Waals surface area contributed by atoms with Gasteiger partial charge in [0.15, 0.2) is 4.80 Å². The van der Waals surface area contributed by atoms with Crippen molar-refractivity contribution in [2.24, 2.45) is 4.99 Å². The fourth-order valence-corrected chi connectivity index (χ4v) is 4.97. The van der Waals surface area contributed by atoms with Gasteiger partial charge >= 0.3 is 0 Å². The minimum absolute atomic E-state index is 0.234. The van der Waals surface area contributed by atoms with Crippen molar-refractivity contribution < 1.29 is 9.47 Å². The summed E-state index contributed by atoms with van der Waals surface area (Å²) in [6, 6.07) is 22.9. The Bertz CT molecular complexity index is 1230. The molecule has 1 atom stereocenters. The van der Waals surface area contributed by atoms with Crippen molar-refractivity contribution in [2.75, 3.05) is 13.7 Å². The molecule has 1 aliphatic heterocycles. The van der Waals surface area contributed by atoms with Gasteiger partial charge in [-0.1, -0.05) is 48.5 Å². The van der Waals surface area contributed by atoms with Crippen LogP contribution in [-0.4, -0.2) is 24.4 Å². The molecule has 1 saturated heterocycles. The number of fused-ring (bicyclic) bond motifs is 1. The van der Waals surface area contributed by atoms with Gasteiger partial charge in [0.25, 0.3) is 0 Å². The molecular formula is C25H24N2O2S. The average molecular weight is 417 g/mol. The third kappa shape index (κ3) is 3.78. The summed E-state index contributed by atoms with van der Waals surface area (Å²) in [5, 5.41) is 4.72. The number of ether oxygens (including phenoxy) is 2. The molecule has 4 aromatic rings. The normalized spacial score (nSPS) is 17.0. The zero-order valence-electron chi connectivity index (χ0n) is 17.0. The number of methoxy groups -OCH3 is 1. The van der Waals surface area contributed by atoms with Crippen LogP contribution in [0.2, 0.25) is 0 Å². The van der Waals surface area contributed by atoms with E-state index in [9.17, 15) is 0 Å². The van der Waals surface area contributed by atoms with Gasteiger partial charge in [-0.2, -0.15) is 0 Å². The second-order valence-electron chi connectivity index (χ2n) is 7.49. The summed E-state index contributed by atoms with van der Waals surface area (Å²) >= 11 is 1.67. The maximum atomic E-state index is 5.97. The molecule has 152 valence electrons. The number of nitrogens with zero attached hydrogens (tertiary/aromatic N) is 2. The number of thiazole rings is 1. The third-order valence-corrected chi connectivity index (χ3v) is 6.42. The molecule has 5 heteroatoms. The Morgan fingerprint density at radius 1 is 1.10 bits per heavy atom. The Hall–Kier alpha value is -2.89. The Morgan fingerprint density at radius 3 is 2.83 bits per heavy atom. The highest BCUT2D eigenvalue weighted by atomic mass is 32.1. The van der Waals surface area contributed by atoms with Crippen LogP contribution < -0.4 is 9.54 Å². The quantitative estimate of drug-likeness (QED) is 0.413. The Balaban J connectivity index is 1.66. The number of hydrogen-bond acceptors (Lipinski definition) is 4. The maximum absolute atomic E-state index is 5.97. The molecule has 0 amide bonds. The third-order valence-electron chi connectivity index (χ3n) is 5.55. The first-order chi connectivity index (χ1) is 14.8. The van der Waals surface area contributed by atoms with Crippen LogP contribution in [-0.2, 0) is 11.3 Å². The van der Waals surface area contributed by atoms with E-state index in [0.29, 0.717) is 0 Å². The first-order valence-electron chi connectivity index (χ1n) is 10.3. The zero-order valence-corrected chi connectivity index (χ0v) is 17.8. The first-order valence-corrected chi connectivity index (χ1v) is 11.2. The van der Waals surface area contributed by atoms with Gasteiger partial charge in [-0.05, 0) is 35.7 Å². The molecule has 5 rings (SSSR count). The molecule has 1 unspecified atom stereocenters. The molecule has 0 aliphatic carbocycles. The van der Waals surface area contributed by atoms with E-state index in [1.165, 1.54) is 22.0 Å². The Morgan fingerprint density at radius 2 is 1.97 bits per heavy atom. The summed E-state index contributed by atoms with van der Waals surface area (Å²) in [5.41, 5.74) is 3.31. The molecule has 0 bridgehead atoms. The summed E-state index contributed by atoms with van der Waals surface area (Å²) in [6.45, 7) is 1.66. The highest BCUT2D eigenvalue weighted by Crippen LogP contribution is 2.30. The van der Waals surface area contributed by atoms with Crippen LogP contribution in [0.3, 0.4) is 0 Å². The second kappa shape index (κ2) is 8.46.